The van der Waals surface area contributed by atoms with Crippen molar-refractivity contribution in [3.63, 3.8) is 0 Å². The van der Waals surface area contributed by atoms with Crippen molar-refractivity contribution in [1.82, 2.24) is 0 Å². The molecule has 0 spiro atoms. The van der Waals surface area contributed by atoms with E-state index in [1.165, 1.54) is 12.7 Å². The normalized spacial score (nSPS) is 10.3. The van der Waals surface area contributed by atoms with Crippen molar-refractivity contribution < 1.29 is 19.0 Å². The van der Waals surface area contributed by atoms with Crippen molar-refractivity contribution in [3.8, 4) is 16.9 Å². The van der Waals surface area contributed by atoms with Crippen LogP contribution in [0.1, 0.15) is 15.9 Å². The second-order valence-corrected chi connectivity index (χ2v) is 4.94. The minimum atomic E-state index is -0.384. The molecule has 0 aliphatic heterocycles. The summed E-state index contributed by atoms with van der Waals surface area (Å²) in [6.45, 7) is 2.95. The molecule has 0 saturated heterocycles. The Morgan fingerprint density at radius 3 is 2.32 bits per heavy atom. The molecule has 0 saturated carbocycles. The molecule has 0 amide bonds. The van der Waals surface area contributed by atoms with Crippen LogP contribution < -0.4 is 4.74 Å². The molecule has 0 aliphatic carbocycles. The van der Waals surface area contributed by atoms with Gasteiger partial charge in [0.05, 0.1) is 19.3 Å². The molecule has 0 fully saturated rings. The van der Waals surface area contributed by atoms with Crippen molar-refractivity contribution in [3.05, 3.63) is 53.6 Å². The molecule has 0 bridgehead atoms. The van der Waals surface area contributed by atoms with Crippen LogP contribution in [0.15, 0.2) is 42.5 Å². The third-order valence-corrected chi connectivity index (χ3v) is 3.27. The van der Waals surface area contributed by atoms with E-state index in [0.717, 1.165) is 11.1 Å². The molecule has 0 atom stereocenters. The number of aryl methyl sites for hydroxylation is 1. The number of rotatable bonds is 6. The van der Waals surface area contributed by atoms with Gasteiger partial charge in [-0.1, -0.05) is 29.8 Å². The molecule has 0 unspecified atom stereocenters. The third kappa shape index (κ3) is 4.09. The smallest absolute Gasteiger partial charge is 0.338 e. The van der Waals surface area contributed by atoms with E-state index in [1.54, 1.807) is 19.2 Å². The van der Waals surface area contributed by atoms with Gasteiger partial charge in [0.15, 0.2) is 0 Å². The first-order valence-electron chi connectivity index (χ1n) is 7.06. The fourth-order valence-corrected chi connectivity index (χ4v) is 2.07. The van der Waals surface area contributed by atoms with E-state index >= 15 is 0 Å². The fraction of sp³-hybridized carbons (Fsp3) is 0.278. The van der Waals surface area contributed by atoms with E-state index in [4.69, 9.17) is 14.2 Å². The van der Waals surface area contributed by atoms with Gasteiger partial charge in [-0.25, -0.2) is 4.79 Å². The van der Waals surface area contributed by atoms with Crippen LogP contribution in [0.25, 0.3) is 11.1 Å². The first kappa shape index (κ1) is 16.0. The summed E-state index contributed by atoms with van der Waals surface area (Å²) in [5, 5.41) is 0. The summed E-state index contributed by atoms with van der Waals surface area (Å²) in [5.41, 5.74) is 3.58. The summed E-state index contributed by atoms with van der Waals surface area (Å²) >= 11 is 0. The number of ether oxygens (including phenoxy) is 3. The zero-order chi connectivity index (χ0) is 15.9. The van der Waals surface area contributed by atoms with Crippen LogP contribution >= 0.6 is 0 Å². The van der Waals surface area contributed by atoms with E-state index in [1.807, 2.05) is 37.3 Å². The predicted molar refractivity (Wildman–Crippen MR) is 85.3 cm³/mol. The highest BCUT2D eigenvalue weighted by molar-refractivity contribution is 5.91. The summed E-state index contributed by atoms with van der Waals surface area (Å²) < 4.78 is 15.4. The van der Waals surface area contributed by atoms with Crippen molar-refractivity contribution in [2.75, 3.05) is 27.4 Å². The summed E-state index contributed by atoms with van der Waals surface area (Å²) in [6, 6.07) is 13.5. The molecule has 0 radical (unpaired) electrons. The highest BCUT2D eigenvalue weighted by Gasteiger charge is 2.11. The monoisotopic (exact) mass is 300 g/mol. The number of benzene rings is 2. The van der Waals surface area contributed by atoms with Crippen LogP contribution in [0.4, 0.5) is 0 Å². The van der Waals surface area contributed by atoms with Gasteiger partial charge >= 0.3 is 5.97 Å². The standard InChI is InChI=1S/C18H20O4/c1-13-4-6-14(7-5-13)15-10-16(18(19)21-3)12-17(11-15)22-9-8-20-2/h4-7,10-12H,8-9H2,1-3H3. The van der Waals surface area contributed by atoms with Crippen molar-refractivity contribution in [2.45, 2.75) is 6.92 Å². The average Bonchev–Trinajstić information content (AvgIpc) is 2.54. The van der Waals surface area contributed by atoms with Crippen molar-refractivity contribution in [1.29, 1.82) is 0 Å². The first-order valence-corrected chi connectivity index (χ1v) is 7.06. The van der Waals surface area contributed by atoms with Crippen LogP contribution in [-0.2, 0) is 9.47 Å². The van der Waals surface area contributed by atoms with Gasteiger partial charge in [-0.3, -0.25) is 0 Å². The topological polar surface area (TPSA) is 44.8 Å². The average molecular weight is 300 g/mol. The molecule has 0 N–H and O–H groups in total. The Hall–Kier alpha value is -2.33. The zero-order valence-electron chi connectivity index (χ0n) is 13.1. The fourth-order valence-electron chi connectivity index (χ4n) is 2.07. The van der Waals surface area contributed by atoms with Crippen LogP contribution in [0.5, 0.6) is 5.75 Å². The zero-order valence-corrected chi connectivity index (χ0v) is 13.1. The molecule has 116 valence electrons. The van der Waals surface area contributed by atoms with Gasteiger partial charge in [-0.05, 0) is 36.2 Å². The minimum absolute atomic E-state index is 0.384. The van der Waals surface area contributed by atoms with Crippen molar-refractivity contribution >= 4 is 5.97 Å². The molecular formula is C18H20O4. The van der Waals surface area contributed by atoms with Crippen LogP contribution in [-0.4, -0.2) is 33.4 Å². The quantitative estimate of drug-likeness (QED) is 0.605. The predicted octanol–water partition coefficient (Wildman–Crippen LogP) is 3.47. The van der Waals surface area contributed by atoms with Gasteiger partial charge < -0.3 is 14.2 Å². The van der Waals surface area contributed by atoms with E-state index < -0.39 is 0 Å². The molecule has 4 nitrogen and oxygen atoms in total. The number of carbonyl (C=O) groups excluding carboxylic acids is 1. The van der Waals surface area contributed by atoms with E-state index in [2.05, 4.69) is 0 Å². The van der Waals surface area contributed by atoms with Gasteiger partial charge in [-0.15, -0.1) is 0 Å². The molecular weight excluding hydrogens is 280 g/mol. The SMILES string of the molecule is COCCOc1cc(C(=O)OC)cc(-c2ccc(C)cc2)c1. The largest absolute Gasteiger partial charge is 0.491 e. The van der Waals surface area contributed by atoms with Gasteiger partial charge in [0.2, 0.25) is 0 Å². The summed E-state index contributed by atoms with van der Waals surface area (Å²) in [4.78, 5) is 11.8. The van der Waals surface area contributed by atoms with Gasteiger partial charge in [0.25, 0.3) is 0 Å². The molecule has 2 aromatic carbocycles. The van der Waals surface area contributed by atoms with Gasteiger partial charge in [-0.2, -0.15) is 0 Å². The number of carbonyl (C=O) groups is 1. The lowest BCUT2D eigenvalue weighted by Crippen LogP contribution is -2.06. The molecule has 2 rings (SSSR count). The Bertz CT molecular complexity index is 632. The second-order valence-electron chi connectivity index (χ2n) is 4.94. The Morgan fingerprint density at radius 2 is 1.68 bits per heavy atom. The lowest BCUT2D eigenvalue weighted by molar-refractivity contribution is 0.0600. The summed E-state index contributed by atoms with van der Waals surface area (Å²) in [7, 11) is 2.98. The number of methoxy groups -OCH3 is 2. The van der Waals surface area contributed by atoms with Crippen LogP contribution in [0.2, 0.25) is 0 Å². The molecule has 4 heteroatoms. The van der Waals surface area contributed by atoms with Crippen LogP contribution in [0, 0.1) is 6.92 Å². The maximum Gasteiger partial charge on any atom is 0.338 e. The van der Waals surface area contributed by atoms with E-state index in [9.17, 15) is 4.79 Å². The molecule has 0 aliphatic rings. The maximum absolute atomic E-state index is 11.8. The first-order chi connectivity index (χ1) is 10.6. The maximum atomic E-state index is 11.8. The third-order valence-electron chi connectivity index (χ3n) is 3.27. The Labute approximate surface area is 130 Å². The number of esters is 1. The molecule has 0 aromatic heterocycles. The molecule has 2 aromatic rings. The highest BCUT2D eigenvalue weighted by atomic mass is 16.5. The number of hydrogen-bond donors (Lipinski definition) is 0. The van der Waals surface area contributed by atoms with Crippen molar-refractivity contribution in [2.24, 2.45) is 0 Å². The van der Waals surface area contributed by atoms with Crippen LogP contribution in [0.3, 0.4) is 0 Å². The van der Waals surface area contributed by atoms with E-state index in [-0.39, 0.29) is 5.97 Å². The van der Waals surface area contributed by atoms with Gasteiger partial charge in [0, 0.05) is 7.11 Å². The second kappa shape index (κ2) is 7.61. The van der Waals surface area contributed by atoms with Gasteiger partial charge in [0.1, 0.15) is 12.4 Å². The number of hydrogen-bond acceptors (Lipinski definition) is 4. The molecule has 0 heterocycles. The molecule has 22 heavy (non-hydrogen) atoms. The lowest BCUT2D eigenvalue weighted by atomic mass is 10.0. The Kier molecular flexibility index (Phi) is 5.55. The Balaban J connectivity index is 2.36. The summed E-state index contributed by atoms with van der Waals surface area (Å²) in [5.74, 6) is 0.237. The van der Waals surface area contributed by atoms with E-state index in [0.29, 0.717) is 24.5 Å². The Morgan fingerprint density at radius 1 is 0.955 bits per heavy atom. The highest BCUT2D eigenvalue weighted by Crippen LogP contribution is 2.27. The minimum Gasteiger partial charge on any atom is -0.491 e. The summed E-state index contributed by atoms with van der Waals surface area (Å²) in [6.07, 6.45) is 0. The lowest BCUT2D eigenvalue weighted by Gasteiger charge is -2.11.